The Hall–Kier alpha value is -0.530. The van der Waals surface area contributed by atoms with Gasteiger partial charge in [-0.3, -0.25) is 0 Å². The summed E-state index contributed by atoms with van der Waals surface area (Å²) in [4.78, 5) is 0. The molecule has 0 radical (unpaired) electrons. The molecule has 0 aliphatic rings. The van der Waals surface area contributed by atoms with E-state index in [9.17, 15) is 0 Å². The molecule has 1 aromatic carbocycles. The second kappa shape index (κ2) is 5.00. The zero-order chi connectivity index (χ0) is 11.5. The van der Waals surface area contributed by atoms with E-state index in [2.05, 4.69) is 32.2 Å². The minimum absolute atomic E-state index is 0.179. The van der Waals surface area contributed by atoms with E-state index in [4.69, 9.17) is 11.6 Å². The maximum absolute atomic E-state index is 6.14. The van der Waals surface area contributed by atoms with Crippen molar-refractivity contribution in [2.24, 2.45) is 0 Å². The van der Waals surface area contributed by atoms with Crippen LogP contribution < -0.4 is 5.32 Å². The highest BCUT2D eigenvalue weighted by Gasteiger charge is 2.22. The normalized spacial score (nSPS) is 11.8. The molecule has 0 saturated carbocycles. The smallest absolute Gasteiger partial charge is 0.0438 e. The zero-order valence-corrected chi connectivity index (χ0v) is 10.8. The Balaban J connectivity index is 2.98. The van der Waals surface area contributed by atoms with Crippen molar-refractivity contribution in [3.8, 4) is 0 Å². The van der Waals surface area contributed by atoms with E-state index in [1.807, 2.05) is 19.2 Å². The van der Waals surface area contributed by atoms with Gasteiger partial charge in [0, 0.05) is 5.02 Å². The third-order valence-corrected chi connectivity index (χ3v) is 3.41. The van der Waals surface area contributed by atoms with Gasteiger partial charge in [0.05, 0.1) is 0 Å². The summed E-state index contributed by atoms with van der Waals surface area (Å²) in [7, 11) is 1.99. The van der Waals surface area contributed by atoms with Gasteiger partial charge >= 0.3 is 0 Å². The molecule has 1 nitrogen and oxygen atoms in total. The topological polar surface area (TPSA) is 12.0 Å². The number of halogens is 1. The summed E-state index contributed by atoms with van der Waals surface area (Å²) in [5.41, 5.74) is 2.74. The number of rotatable bonds is 4. The lowest BCUT2D eigenvalue weighted by Crippen LogP contribution is -2.24. The van der Waals surface area contributed by atoms with Gasteiger partial charge in [0.1, 0.15) is 0 Å². The van der Waals surface area contributed by atoms with Gasteiger partial charge in [-0.25, -0.2) is 0 Å². The summed E-state index contributed by atoms with van der Waals surface area (Å²) in [6.45, 7) is 7.66. The molecular weight excluding hydrogens is 206 g/mol. The van der Waals surface area contributed by atoms with Crippen molar-refractivity contribution in [2.75, 3.05) is 13.6 Å². The predicted molar refractivity (Wildman–Crippen MR) is 67.8 cm³/mol. The Morgan fingerprint density at radius 3 is 2.60 bits per heavy atom. The fraction of sp³-hybridized carbons (Fsp3) is 0.538. The largest absolute Gasteiger partial charge is 0.320 e. The van der Waals surface area contributed by atoms with Crippen LogP contribution in [0.2, 0.25) is 5.02 Å². The Bertz CT molecular complexity index is 331. The Morgan fingerprint density at radius 2 is 2.00 bits per heavy atom. The molecule has 0 fully saturated rings. The van der Waals surface area contributed by atoms with Crippen LogP contribution in [-0.2, 0) is 5.41 Å². The summed E-state index contributed by atoms with van der Waals surface area (Å²) in [5, 5.41) is 4.06. The number of benzene rings is 1. The summed E-state index contributed by atoms with van der Waals surface area (Å²) in [5.74, 6) is 0. The Labute approximate surface area is 97.8 Å². The standard InChI is InChI=1S/C13H20ClN/c1-10-11(6-5-7-12(10)14)13(2,3)8-9-15-4/h5-7,15H,8-9H2,1-4H3. The molecule has 0 atom stereocenters. The number of hydrogen-bond donors (Lipinski definition) is 1. The lowest BCUT2D eigenvalue weighted by Gasteiger charge is -2.27. The van der Waals surface area contributed by atoms with Gasteiger partial charge < -0.3 is 5.32 Å². The second-order valence-corrected chi connectivity index (χ2v) is 5.06. The molecule has 0 heterocycles. The fourth-order valence-electron chi connectivity index (χ4n) is 1.91. The van der Waals surface area contributed by atoms with Crippen molar-refractivity contribution in [2.45, 2.75) is 32.6 Å². The first-order chi connectivity index (χ1) is 6.99. The molecule has 15 heavy (non-hydrogen) atoms. The highest BCUT2D eigenvalue weighted by Crippen LogP contribution is 2.32. The Morgan fingerprint density at radius 1 is 1.33 bits per heavy atom. The average Bonchev–Trinajstić information content (AvgIpc) is 2.19. The molecule has 84 valence electrons. The minimum atomic E-state index is 0.179. The van der Waals surface area contributed by atoms with Crippen LogP contribution in [0.25, 0.3) is 0 Å². The van der Waals surface area contributed by atoms with Gasteiger partial charge in [0.2, 0.25) is 0 Å². The average molecular weight is 226 g/mol. The highest BCUT2D eigenvalue weighted by molar-refractivity contribution is 6.31. The molecule has 1 rings (SSSR count). The second-order valence-electron chi connectivity index (χ2n) is 4.65. The molecule has 0 aromatic heterocycles. The van der Waals surface area contributed by atoms with Gasteiger partial charge in [-0.1, -0.05) is 37.6 Å². The molecule has 2 heteroatoms. The van der Waals surface area contributed by atoms with E-state index in [0.29, 0.717) is 0 Å². The Kier molecular flexibility index (Phi) is 4.18. The molecule has 0 bridgehead atoms. The van der Waals surface area contributed by atoms with E-state index < -0.39 is 0 Å². The number of hydrogen-bond acceptors (Lipinski definition) is 1. The van der Waals surface area contributed by atoms with E-state index >= 15 is 0 Å². The summed E-state index contributed by atoms with van der Waals surface area (Å²) in [6, 6.07) is 6.16. The van der Waals surface area contributed by atoms with Crippen molar-refractivity contribution in [1.29, 1.82) is 0 Å². The van der Waals surface area contributed by atoms with E-state index in [0.717, 1.165) is 18.0 Å². The maximum Gasteiger partial charge on any atom is 0.0438 e. The van der Waals surface area contributed by atoms with Crippen LogP contribution in [0, 0.1) is 6.92 Å². The van der Waals surface area contributed by atoms with Crippen LogP contribution in [0.1, 0.15) is 31.4 Å². The van der Waals surface area contributed by atoms with Crippen molar-refractivity contribution in [3.63, 3.8) is 0 Å². The fourth-order valence-corrected chi connectivity index (χ4v) is 2.09. The summed E-state index contributed by atoms with van der Waals surface area (Å²) >= 11 is 6.14. The first kappa shape index (κ1) is 12.5. The van der Waals surface area contributed by atoms with Crippen LogP contribution in [0.15, 0.2) is 18.2 Å². The first-order valence-corrected chi connectivity index (χ1v) is 5.77. The molecule has 0 aliphatic heterocycles. The van der Waals surface area contributed by atoms with Crippen LogP contribution in [0.3, 0.4) is 0 Å². The van der Waals surface area contributed by atoms with Crippen molar-refractivity contribution >= 4 is 11.6 Å². The van der Waals surface area contributed by atoms with Crippen molar-refractivity contribution < 1.29 is 0 Å². The molecule has 0 spiro atoms. The highest BCUT2D eigenvalue weighted by atomic mass is 35.5. The van der Waals surface area contributed by atoms with Crippen LogP contribution in [0.5, 0.6) is 0 Å². The van der Waals surface area contributed by atoms with E-state index in [1.165, 1.54) is 11.1 Å². The predicted octanol–water partition coefficient (Wildman–Crippen LogP) is 3.54. The summed E-state index contributed by atoms with van der Waals surface area (Å²) < 4.78 is 0. The monoisotopic (exact) mass is 225 g/mol. The molecule has 1 aromatic rings. The SMILES string of the molecule is CNCCC(C)(C)c1cccc(Cl)c1C. The molecule has 0 saturated heterocycles. The van der Waals surface area contributed by atoms with Gasteiger partial charge in [0.25, 0.3) is 0 Å². The third kappa shape index (κ3) is 2.96. The third-order valence-electron chi connectivity index (χ3n) is 3.00. The lowest BCUT2D eigenvalue weighted by atomic mass is 9.79. The first-order valence-electron chi connectivity index (χ1n) is 5.39. The van der Waals surface area contributed by atoms with Gasteiger partial charge in [0.15, 0.2) is 0 Å². The quantitative estimate of drug-likeness (QED) is 0.827. The van der Waals surface area contributed by atoms with Crippen LogP contribution >= 0.6 is 11.6 Å². The summed E-state index contributed by atoms with van der Waals surface area (Å²) in [6.07, 6.45) is 1.12. The number of nitrogens with one attached hydrogen (secondary N) is 1. The van der Waals surface area contributed by atoms with E-state index in [-0.39, 0.29) is 5.41 Å². The van der Waals surface area contributed by atoms with Crippen LogP contribution in [-0.4, -0.2) is 13.6 Å². The molecule has 0 amide bonds. The molecule has 0 aliphatic carbocycles. The zero-order valence-electron chi connectivity index (χ0n) is 10.0. The van der Waals surface area contributed by atoms with Gasteiger partial charge in [-0.05, 0) is 49.5 Å². The van der Waals surface area contributed by atoms with Gasteiger partial charge in [-0.2, -0.15) is 0 Å². The molecule has 0 unspecified atom stereocenters. The molecule has 1 N–H and O–H groups in total. The lowest BCUT2D eigenvalue weighted by molar-refractivity contribution is 0.466. The molecular formula is C13H20ClN. The van der Waals surface area contributed by atoms with Crippen molar-refractivity contribution in [3.05, 3.63) is 34.3 Å². The van der Waals surface area contributed by atoms with Crippen molar-refractivity contribution in [1.82, 2.24) is 5.32 Å². The van der Waals surface area contributed by atoms with Gasteiger partial charge in [-0.15, -0.1) is 0 Å². The van der Waals surface area contributed by atoms with E-state index in [1.54, 1.807) is 0 Å². The minimum Gasteiger partial charge on any atom is -0.320 e. The van der Waals surface area contributed by atoms with Crippen LogP contribution in [0.4, 0.5) is 0 Å². The maximum atomic E-state index is 6.14.